The lowest BCUT2D eigenvalue weighted by Crippen LogP contribution is -2.06. The van der Waals surface area contributed by atoms with E-state index in [0.29, 0.717) is 5.25 Å². The van der Waals surface area contributed by atoms with Crippen LogP contribution in [0.4, 0.5) is 0 Å². The summed E-state index contributed by atoms with van der Waals surface area (Å²) >= 11 is 1.59. The van der Waals surface area contributed by atoms with Crippen molar-refractivity contribution < 1.29 is 5.11 Å². The van der Waals surface area contributed by atoms with Crippen molar-refractivity contribution in [2.45, 2.75) is 30.3 Å². The molecule has 1 unspecified atom stereocenters. The minimum Gasteiger partial charge on any atom is -0.396 e. The van der Waals surface area contributed by atoms with Crippen LogP contribution < -0.4 is 5.32 Å². The van der Waals surface area contributed by atoms with Crippen LogP contribution >= 0.6 is 11.8 Å². The van der Waals surface area contributed by atoms with Crippen molar-refractivity contribution in [1.29, 1.82) is 0 Å². The van der Waals surface area contributed by atoms with Crippen LogP contribution in [0.25, 0.3) is 0 Å². The molecule has 1 heterocycles. The summed E-state index contributed by atoms with van der Waals surface area (Å²) in [6.45, 7) is 3.06. The number of hydrogen-bond acceptors (Lipinski definition) is 5. The summed E-state index contributed by atoms with van der Waals surface area (Å²) in [5, 5.41) is 12.9. The van der Waals surface area contributed by atoms with Gasteiger partial charge in [0.15, 0.2) is 5.16 Å². The van der Waals surface area contributed by atoms with Crippen molar-refractivity contribution in [3.63, 3.8) is 0 Å². The molecule has 15 heavy (non-hydrogen) atoms. The number of rotatable bonds is 6. The molecular weight excluding hydrogens is 210 g/mol. The number of thioether (sulfide) groups is 1. The van der Waals surface area contributed by atoms with E-state index in [0.717, 1.165) is 23.7 Å². The van der Waals surface area contributed by atoms with E-state index in [1.165, 1.54) is 0 Å². The van der Waals surface area contributed by atoms with Crippen LogP contribution in [0, 0.1) is 0 Å². The molecule has 1 rings (SSSR count). The molecular formula is C10H17N3OS. The lowest BCUT2D eigenvalue weighted by atomic mass is 10.3. The Morgan fingerprint density at radius 2 is 2.13 bits per heavy atom. The van der Waals surface area contributed by atoms with E-state index in [4.69, 9.17) is 5.11 Å². The topological polar surface area (TPSA) is 58.0 Å². The molecule has 1 aromatic rings. The SMILES string of the molecule is CNCc1cnc(SC(C)CCO)nc1. The Balaban J connectivity index is 2.48. The third-order valence-corrected chi connectivity index (χ3v) is 2.96. The van der Waals surface area contributed by atoms with Gasteiger partial charge in [0.05, 0.1) is 0 Å². The van der Waals surface area contributed by atoms with Crippen LogP contribution in [0.1, 0.15) is 18.9 Å². The van der Waals surface area contributed by atoms with Crippen molar-refractivity contribution in [2.75, 3.05) is 13.7 Å². The molecule has 0 aliphatic heterocycles. The smallest absolute Gasteiger partial charge is 0.187 e. The van der Waals surface area contributed by atoms with Crippen LogP contribution in [0.3, 0.4) is 0 Å². The number of nitrogens with zero attached hydrogens (tertiary/aromatic N) is 2. The van der Waals surface area contributed by atoms with Crippen LogP contribution in [0.15, 0.2) is 17.6 Å². The van der Waals surface area contributed by atoms with E-state index in [9.17, 15) is 0 Å². The first kappa shape index (κ1) is 12.4. The molecule has 0 saturated carbocycles. The van der Waals surface area contributed by atoms with Gasteiger partial charge in [0, 0.05) is 36.4 Å². The Hall–Kier alpha value is -0.650. The molecule has 0 aliphatic carbocycles. The van der Waals surface area contributed by atoms with Crippen molar-refractivity contribution in [3.8, 4) is 0 Å². The quantitative estimate of drug-likeness (QED) is 0.562. The zero-order chi connectivity index (χ0) is 11.1. The Morgan fingerprint density at radius 1 is 1.47 bits per heavy atom. The fraction of sp³-hybridized carbons (Fsp3) is 0.600. The zero-order valence-electron chi connectivity index (χ0n) is 9.10. The second kappa shape index (κ2) is 6.76. The van der Waals surface area contributed by atoms with Crippen molar-refractivity contribution in [1.82, 2.24) is 15.3 Å². The maximum atomic E-state index is 8.77. The van der Waals surface area contributed by atoms with Crippen molar-refractivity contribution in [2.24, 2.45) is 0 Å². The highest BCUT2D eigenvalue weighted by atomic mass is 32.2. The summed E-state index contributed by atoms with van der Waals surface area (Å²) in [6.07, 6.45) is 4.43. The van der Waals surface area contributed by atoms with E-state index in [2.05, 4.69) is 22.2 Å². The predicted octanol–water partition coefficient (Wildman–Crippen LogP) is 1.06. The molecule has 0 radical (unpaired) electrons. The van der Waals surface area contributed by atoms with Gasteiger partial charge in [-0.05, 0) is 13.5 Å². The van der Waals surface area contributed by atoms with Gasteiger partial charge in [-0.1, -0.05) is 18.7 Å². The third-order valence-electron chi connectivity index (χ3n) is 1.90. The van der Waals surface area contributed by atoms with Gasteiger partial charge in [0.2, 0.25) is 0 Å². The van der Waals surface area contributed by atoms with Crippen LogP contribution in [0.2, 0.25) is 0 Å². The summed E-state index contributed by atoms with van der Waals surface area (Å²) in [5.74, 6) is 0. The monoisotopic (exact) mass is 227 g/mol. The number of aliphatic hydroxyl groups is 1. The minimum atomic E-state index is 0.214. The van der Waals surface area contributed by atoms with E-state index >= 15 is 0 Å². The molecule has 0 fully saturated rings. The number of hydrogen-bond donors (Lipinski definition) is 2. The average molecular weight is 227 g/mol. The summed E-state index contributed by atoms with van der Waals surface area (Å²) in [5.41, 5.74) is 1.08. The molecule has 1 aromatic heterocycles. The van der Waals surface area contributed by atoms with Crippen LogP contribution in [-0.2, 0) is 6.54 Å². The predicted molar refractivity (Wildman–Crippen MR) is 61.8 cm³/mol. The first-order chi connectivity index (χ1) is 7.26. The molecule has 0 aromatic carbocycles. The molecule has 1 atom stereocenters. The van der Waals surface area contributed by atoms with E-state index in [-0.39, 0.29) is 6.61 Å². The van der Waals surface area contributed by atoms with Crippen molar-refractivity contribution >= 4 is 11.8 Å². The van der Waals surface area contributed by atoms with Gasteiger partial charge in [-0.25, -0.2) is 9.97 Å². The standard InChI is InChI=1S/C10H17N3OS/c1-8(3-4-14)15-10-12-6-9(5-11-2)7-13-10/h6-8,11,14H,3-5H2,1-2H3. The number of nitrogens with one attached hydrogen (secondary N) is 1. The van der Waals surface area contributed by atoms with Gasteiger partial charge in [-0.15, -0.1) is 0 Å². The number of aromatic nitrogens is 2. The molecule has 2 N–H and O–H groups in total. The maximum Gasteiger partial charge on any atom is 0.187 e. The van der Waals surface area contributed by atoms with Gasteiger partial charge in [0.25, 0.3) is 0 Å². The third kappa shape index (κ3) is 4.59. The molecule has 4 nitrogen and oxygen atoms in total. The lowest BCUT2D eigenvalue weighted by Gasteiger charge is -2.07. The Labute approximate surface area is 94.5 Å². The zero-order valence-corrected chi connectivity index (χ0v) is 9.92. The van der Waals surface area contributed by atoms with Gasteiger partial charge >= 0.3 is 0 Å². The minimum absolute atomic E-state index is 0.214. The van der Waals surface area contributed by atoms with Crippen LogP contribution in [0.5, 0.6) is 0 Å². The lowest BCUT2D eigenvalue weighted by molar-refractivity contribution is 0.289. The maximum absolute atomic E-state index is 8.77. The summed E-state index contributed by atoms with van der Waals surface area (Å²) < 4.78 is 0. The average Bonchev–Trinajstić information content (AvgIpc) is 2.22. The highest BCUT2D eigenvalue weighted by Gasteiger charge is 2.05. The molecule has 0 aliphatic rings. The van der Waals surface area contributed by atoms with Gasteiger partial charge in [-0.2, -0.15) is 0 Å². The Morgan fingerprint density at radius 3 is 2.67 bits per heavy atom. The summed E-state index contributed by atoms with van der Waals surface area (Å²) in [7, 11) is 1.89. The van der Waals surface area contributed by atoms with Crippen molar-refractivity contribution in [3.05, 3.63) is 18.0 Å². The Kier molecular flexibility index (Phi) is 5.60. The highest BCUT2D eigenvalue weighted by Crippen LogP contribution is 2.20. The van der Waals surface area contributed by atoms with Gasteiger partial charge in [0.1, 0.15) is 0 Å². The molecule has 0 bridgehead atoms. The van der Waals surface area contributed by atoms with Gasteiger partial charge < -0.3 is 10.4 Å². The first-order valence-electron chi connectivity index (χ1n) is 4.99. The molecule has 0 spiro atoms. The largest absolute Gasteiger partial charge is 0.396 e. The molecule has 84 valence electrons. The molecule has 5 heteroatoms. The normalized spacial score (nSPS) is 12.7. The number of aliphatic hydroxyl groups excluding tert-OH is 1. The summed E-state index contributed by atoms with van der Waals surface area (Å²) in [4.78, 5) is 8.50. The molecule has 0 saturated heterocycles. The fourth-order valence-electron chi connectivity index (χ4n) is 1.12. The second-order valence-electron chi connectivity index (χ2n) is 3.34. The highest BCUT2D eigenvalue weighted by molar-refractivity contribution is 7.99. The molecule has 0 amide bonds. The van der Waals surface area contributed by atoms with Crippen LogP contribution in [-0.4, -0.2) is 34.0 Å². The van der Waals surface area contributed by atoms with E-state index in [1.54, 1.807) is 11.8 Å². The summed E-state index contributed by atoms with van der Waals surface area (Å²) in [6, 6.07) is 0. The van der Waals surface area contributed by atoms with E-state index < -0.39 is 0 Å². The first-order valence-corrected chi connectivity index (χ1v) is 5.87. The van der Waals surface area contributed by atoms with Gasteiger partial charge in [-0.3, -0.25) is 0 Å². The second-order valence-corrected chi connectivity index (χ2v) is 4.75. The van der Waals surface area contributed by atoms with E-state index in [1.807, 2.05) is 19.4 Å². The fourth-order valence-corrected chi connectivity index (χ4v) is 1.93. The Bertz CT molecular complexity index is 279.